The molecule has 0 aliphatic heterocycles. The van der Waals surface area contributed by atoms with Crippen molar-refractivity contribution < 1.29 is 14.3 Å². The predicted molar refractivity (Wildman–Crippen MR) is 138 cm³/mol. The zero-order chi connectivity index (χ0) is 24.5. The normalized spacial score (nSPS) is 10.7. The molecule has 3 rings (SSSR count). The summed E-state index contributed by atoms with van der Waals surface area (Å²) in [5.74, 6) is 2.11. The number of amides is 1. The van der Waals surface area contributed by atoms with Crippen LogP contribution in [0.25, 0.3) is 11.4 Å². The first-order chi connectivity index (χ1) is 16.5. The van der Waals surface area contributed by atoms with Crippen LogP contribution >= 0.6 is 11.8 Å². The van der Waals surface area contributed by atoms with Gasteiger partial charge in [0.2, 0.25) is 5.91 Å². The molecule has 0 unspecified atom stereocenters. The first-order valence-corrected chi connectivity index (χ1v) is 12.6. The van der Waals surface area contributed by atoms with Crippen molar-refractivity contribution in [3.63, 3.8) is 0 Å². The van der Waals surface area contributed by atoms with Crippen molar-refractivity contribution in [1.82, 2.24) is 14.8 Å². The van der Waals surface area contributed by atoms with E-state index < -0.39 is 0 Å². The van der Waals surface area contributed by atoms with Crippen LogP contribution in [0.15, 0.2) is 47.6 Å². The fourth-order valence-electron chi connectivity index (χ4n) is 3.56. The van der Waals surface area contributed by atoms with Gasteiger partial charge in [-0.15, -0.1) is 10.2 Å². The first-order valence-electron chi connectivity index (χ1n) is 11.6. The minimum Gasteiger partial charge on any atom is -0.490 e. The highest BCUT2D eigenvalue weighted by Crippen LogP contribution is 2.31. The molecule has 2 aromatic carbocycles. The van der Waals surface area contributed by atoms with Crippen LogP contribution in [0.5, 0.6) is 11.5 Å². The molecule has 8 nitrogen and oxygen atoms in total. The molecular weight excluding hydrogens is 450 g/mol. The molecule has 1 aromatic heterocycles. The van der Waals surface area contributed by atoms with Gasteiger partial charge in [0.25, 0.3) is 0 Å². The molecule has 3 aromatic rings. The van der Waals surface area contributed by atoms with Gasteiger partial charge in [0.1, 0.15) is 0 Å². The summed E-state index contributed by atoms with van der Waals surface area (Å²) in [6.45, 7) is 11.1. The molecule has 34 heavy (non-hydrogen) atoms. The molecule has 0 aliphatic carbocycles. The summed E-state index contributed by atoms with van der Waals surface area (Å²) >= 11 is 1.34. The lowest BCUT2D eigenvalue weighted by atomic mass is 10.2. The van der Waals surface area contributed by atoms with Gasteiger partial charge < -0.3 is 24.3 Å². The molecule has 0 atom stereocenters. The molecule has 1 amide bonds. The van der Waals surface area contributed by atoms with Crippen LogP contribution < -0.4 is 19.7 Å². The Bertz CT molecular complexity index is 1080. The maximum absolute atomic E-state index is 12.5. The summed E-state index contributed by atoms with van der Waals surface area (Å²) in [7, 11) is 1.91. The Hall–Kier alpha value is -3.20. The molecule has 1 heterocycles. The van der Waals surface area contributed by atoms with Gasteiger partial charge >= 0.3 is 0 Å². The number of benzene rings is 2. The Labute approximate surface area is 205 Å². The number of carbonyl (C=O) groups is 1. The van der Waals surface area contributed by atoms with Crippen molar-refractivity contribution in [2.45, 2.75) is 32.9 Å². The minimum atomic E-state index is -0.135. The number of nitrogens with one attached hydrogen (secondary N) is 1. The van der Waals surface area contributed by atoms with E-state index in [-0.39, 0.29) is 11.7 Å². The lowest BCUT2D eigenvalue weighted by molar-refractivity contribution is -0.113. The van der Waals surface area contributed by atoms with E-state index in [1.54, 1.807) is 18.2 Å². The first kappa shape index (κ1) is 25.4. The molecule has 0 bridgehead atoms. The number of rotatable bonds is 12. The number of hydrogen-bond acceptors (Lipinski definition) is 7. The van der Waals surface area contributed by atoms with Crippen LogP contribution in [0.1, 0.15) is 27.7 Å². The zero-order valence-corrected chi connectivity index (χ0v) is 21.3. The van der Waals surface area contributed by atoms with Crippen molar-refractivity contribution >= 4 is 29.0 Å². The lowest BCUT2D eigenvalue weighted by Gasteiger charge is -2.21. The Balaban J connectivity index is 1.62. The molecule has 182 valence electrons. The van der Waals surface area contributed by atoms with Crippen LogP contribution in [-0.4, -0.2) is 52.7 Å². The van der Waals surface area contributed by atoms with Crippen LogP contribution in [0.2, 0.25) is 0 Å². The van der Waals surface area contributed by atoms with Crippen LogP contribution in [0.3, 0.4) is 0 Å². The van der Waals surface area contributed by atoms with Gasteiger partial charge in [0.05, 0.1) is 19.0 Å². The van der Waals surface area contributed by atoms with Gasteiger partial charge in [-0.2, -0.15) is 0 Å². The van der Waals surface area contributed by atoms with Gasteiger partial charge in [-0.05, 0) is 64.1 Å². The van der Waals surface area contributed by atoms with Crippen molar-refractivity contribution in [2.24, 2.45) is 7.05 Å². The van der Waals surface area contributed by atoms with E-state index in [0.29, 0.717) is 35.6 Å². The summed E-state index contributed by atoms with van der Waals surface area (Å²) in [6.07, 6.45) is 0. The molecular formula is C25H33N5O3S. The molecule has 0 saturated carbocycles. The van der Waals surface area contributed by atoms with Crippen LogP contribution in [0.4, 0.5) is 11.4 Å². The highest BCUT2D eigenvalue weighted by Gasteiger charge is 2.14. The van der Waals surface area contributed by atoms with Crippen molar-refractivity contribution in [2.75, 3.05) is 42.3 Å². The summed E-state index contributed by atoms with van der Waals surface area (Å²) in [6, 6.07) is 13.7. The molecule has 0 fully saturated rings. The second-order valence-corrected chi connectivity index (χ2v) is 8.39. The second kappa shape index (κ2) is 12.3. The van der Waals surface area contributed by atoms with E-state index in [0.717, 1.165) is 24.5 Å². The minimum absolute atomic E-state index is 0.135. The molecule has 0 saturated heterocycles. The molecule has 1 N–H and O–H groups in total. The second-order valence-electron chi connectivity index (χ2n) is 7.45. The van der Waals surface area contributed by atoms with E-state index in [4.69, 9.17) is 9.47 Å². The van der Waals surface area contributed by atoms with Gasteiger partial charge in [-0.3, -0.25) is 4.79 Å². The monoisotopic (exact) mass is 483 g/mol. The Kier molecular flexibility index (Phi) is 9.21. The standard InChI is InChI=1S/C25H33N5O3S/c1-6-30(7-2)20-13-10-18(11-14-20)24-27-28-25(29(24)5)34-17-23(31)26-19-12-15-21(32-8-3)22(16-19)33-9-4/h10-16H,6-9,17H2,1-5H3,(H,26,31). The van der Waals surface area contributed by atoms with Crippen molar-refractivity contribution in [3.8, 4) is 22.9 Å². The average Bonchev–Trinajstić information content (AvgIpc) is 3.21. The number of thioether (sulfide) groups is 1. The number of ether oxygens (including phenoxy) is 2. The fraction of sp³-hybridized carbons (Fsp3) is 0.400. The summed E-state index contributed by atoms with van der Waals surface area (Å²) in [5, 5.41) is 12.2. The largest absolute Gasteiger partial charge is 0.490 e. The smallest absolute Gasteiger partial charge is 0.234 e. The van der Waals surface area contributed by atoms with Gasteiger partial charge in [0.15, 0.2) is 22.5 Å². The van der Waals surface area contributed by atoms with Crippen LogP contribution in [-0.2, 0) is 11.8 Å². The van der Waals surface area contributed by atoms with E-state index in [2.05, 4.69) is 58.5 Å². The fourth-order valence-corrected chi connectivity index (χ4v) is 4.27. The zero-order valence-electron chi connectivity index (χ0n) is 20.5. The van der Waals surface area contributed by atoms with Crippen molar-refractivity contribution in [3.05, 3.63) is 42.5 Å². The number of nitrogens with zero attached hydrogens (tertiary/aromatic N) is 4. The third-order valence-corrected chi connectivity index (χ3v) is 6.27. The highest BCUT2D eigenvalue weighted by atomic mass is 32.2. The average molecular weight is 484 g/mol. The topological polar surface area (TPSA) is 81.5 Å². The van der Waals surface area contributed by atoms with Crippen LogP contribution in [0, 0.1) is 0 Å². The maximum Gasteiger partial charge on any atom is 0.234 e. The van der Waals surface area contributed by atoms with E-state index in [9.17, 15) is 4.79 Å². The molecule has 9 heteroatoms. The number of hydrogen-bond donors (Lipinski definition) is 1. The highest BCUT2D eigenvalue weighted by molar-refractivity contribution is 7.99. The SMILES string of the molecule is CCOc1ccc(NC(=O)CSc2nnc(-c3ccc(N(CC)CC)cc3)n2C)cc1OCC. The van der Waals surface area contributed by atoms with E-state index in [1.807, 2.05) is 25.5 Å². The Morgan fingerprint density at radius 2 is 1.65 bits per heavy atom. The van der Waals surface area contributed by atoms with Gasteiger partial charge in [0, 0.05) is 43.1 Å². The predicted octanol–water partition coefficient (Wildman–Crippen LogP) is 4.86. The number of aromatic nitrogens is 3. The third-order valence-electron chi connectivity index (χ3n) is 5.25. The van der Waals surface area contributed by atoms with E-state index >= 15 is 0 Å². The van der Waals surface area contributed by atoms with E-state index in [1.165, 1.54) is 17.4 Å². The number of anilines is 2. The lowest BCUT2D eigenvalue weighted by Crippen LogP contribution is -2.21. The molecule has 0 spiro atoms. The summed E-state index contributed by atoms with van der Waals surface area (Å²) in [5.41, 5.74) is 2.83. The van der Waals surface area contributed by atoms with Gasteiger partial charge in [-0.1, -0.05) is 11.8 Å². The summed E-state index contributed by atoms with van der Waals surface area (Å²) < 4.78 is 13.1. The van der Waals surface area contributed by atoms with Crippen molar-refractivity contribution in [1.29, 1.82) is 0 Å². The maximum atomic E-state index is 12.5. The Morgan fingerprint density at radius 3 is 2.29 bits per heavy atom. The number of carbonyl (C=O) groups excluding carboxylic acids is 1. The third kappa shape index (κ3) is 6.22. The molecule has 0 aliphatic rings. The molecule has 0 radical (unpaired) electrons. The quantitative estimate of drug-likeness (QED) is 0.369. The Morgan fingerprint density at radius 1 is 0.971 bits per heavy atom. The van der Waals surface area contributed by atoms with Gasteiger partial charge in [-0.25, -0.2) is 0 Å². The summed E-state index contributed by atoms with van der Waals surface area (Å²) in [4.78, 5) is 14.8.